The van der Waals surface area contributed by atoms with E-state index in [0.29, 0.717) is 50.9 Å². The Kier molecular flexibility index (Phi) is 8.94. The first-order valence-electron chi connectivity index (χ1n) is 13.1. The van der Waals surface area contributed by atoms with Gasteiger partial charge in [-0.2, -0.15) is 0 Å². The second-order valence-corrected chi connectivity index (χ2v) is 15.7. The lowest BCUT2D eigenvalue weighted by atomic mass is 9.82. The van der Waals surface area contributed by atoms with Gasteiger partial charge in [0.05, 0.1) is 24.6 Å². The average molecular weight is 659 g/mol. The third kappa shape index (κ3) is 5.54. The molecule has 1 spiro atoms. The van der Waals surface area contributed by atoms with E-state index in [1.807, 2.05) is 25.1 Å². The number of ether oxygens (including phenoxy) is 2. The van der Waals surface area contributed by atoms with Crippen LogP contribution in [0, 0.1) is 9.49 Å². The van der Waals surface area contributed by atoms with Crippen LogP contribution < -0.4 is 4.90 Å². The van der Waals surface area contributed by atoms with Crippen molar-refractivity contribution in [3.63, 3.8) is 0 Å². The van der Waals surface area contributed by atoms with Crippen LogP contribution in [-0.4, -0.2) is 66.7 Å². The predicted molar refractivity (Wildman–Crippen MR) is 151 cm³/mol. The molecule has 0 unspecified atom stereocenters. The fourth-order valence-corrected chi connectivity index (χ4v) is 9.12. The maximum absolute atomic E-state index is 15.9. The van der Waals surface area contributed by atoms with Gasteiger partial charge in [0.25, 0.3) is 5.91 Å². The third-order valence-electron chi connectivity index (χ3n) is 7.76. The fraction of sp³-hybridized carbons (Fsp3) is 0.615. The Morgan fingerprint density at radius 1 is 1.32 bits per heavy atom. The van der Waals surface area contributed by atoms with E-state index in [2.05, 4.69) is 32.9 Å². The summed E-state index contributed by atoms with van der Waals surface area (Å²) in [6.07, 6.45) is 3.77. The Morgan fingerprint density at radius 2 is 2.08 bits per heavy atom. The number of aliphatic hydroxyl groups excluding tert-OH is 1. The Balaban J connectivity index is 1.62. The summed E-state index contributed by atoms with van der Waals surface area (Å²) in [7, 11) is -1.88. The number of amides is 1. The number of carbonyl (C=O) groups excluding carboxylic acids is 2. The number of unbranched alkanes of at least 4 members (excludes halogenated alkanes) is 1. The third-order valence-corrected chi connectivity index (χ3v) is 10.9. The number of fused-ring (bicyclic) bond motifs is 2. The smallest absolute Gasteiger partial charge is 0.305 e. The first-order valence-corrected chi connectivity index (χ1v) is 17.1. The number of hydrogen-bond acceptors (Lipinski definition) is 7. The van der Waals surface area contributed by atoms with Crippen molar-refractivity contribution in [2.45, 2.75) is 75.9 Å². The Morgan fingerprint density at radius 3 is 2.76 bits per heavy atom. The van der Waals surface area contributed by atoms with Gasteiger partial charge in [0.15, 0.2) is 5.60 Å². The van der Waals surface area contributed by atoms with Crippen molar-refractivity contribution in [1.82, 2.24) is 15.0 Å². The summed E-state index contributed by atoms with van der Waals surface area (Å²) >= 11 is 2.23. The van der Waals surface area contributed by atoms with Gasteiger partial charge in [-0.15, -0.1) is 5.10 Å². The molecule has 4 atom stereocenters. The summed E-state index contributed by atoms with van der Waals surface area (Å²) in [6, 6.07) is 5.90. The molecule has 1 saturated heterocycles. The molecule has 0 radical (unpaired) electrons. The number of methoxy groups -OCH3 is 1. The maximum atomic E-state index is 15.9. The molecule has 208 valence electrons. The molecule has 4 rings (SSSR count). The standard InChI is InChI=1S/C26H36FIN4O5Si/c1-17-24(38(3,4)27)22(10-13-31-16-19(11-14-33)29-30-31)37-26(17)20-15-18(28)8-9-21(20)32(25(26)35)12-6-5-7-23(34)36-2/h8-9,15-17,22,24,33H,5-7,10-14H2,1-4H3/t17-,22+,24-,26+/m0/s1. The van der Waals surface area contributed by atoms with Gasteiger partial charge < -0.3 is 23.6 Å². The number of carbonyl (C=O) groups is 2. The van der Waals surface area contributed by atoms with E-state index < -0.39 is 25.7 Å². The number of rotatable bonds is 11. The second kappa shape index (κ2) is 11.7. The summed E-state index contributed by atoms with van der Waals surface area (Å²) in [5, 5.41) is 17.4. The molecule has 2 aliphatic rings. The zero-order valence-electron chi connectivity index (χ0n) is 22.3. The van der Waals surface area contributed by atoms with Gasteiger partial charge >= 0.3 is 5.97 Å². The Hall–Kier alpha value is -1.90. The minimum atomic E-state index is -3.25. The van der Waals surface area contributed by atoms with Crippen molar-refractivity contribution in [2.75, 3.05) is 25.2 Å². The van der Waals surface area contributed by atoms with E-state index in [9.17, 15) is 9.59 Å². The molecule has 3 heterocycles. The molecule has 0 bridgehead atoms. The highest BCUT2D eigenvalue weighted by Gasteiger charge is 2.66. The van der Waals surface area contributed by atoms with Gasteiger partial charge in [0, 0.05) is 59.3 Å². The van der Waals surface area contributed by atoms with Crippen molar-refractivity contribution in [2.24, 2.45) is 5.92 Å². The van der Waals surface area contributed by atoms with Gasteiger partial charge in [-0.3, -0.25) is 14.3 Å². The van der Waals surface area contributed by atoms with Crippen LogP contribution in [0.2, 0.25) is 18.6 Å². The van der Waals surface area contributed by atoms with Gasteiger partial charge in [-0.1, -0.05) is 12.1 Å². The van der Waals surface area contributed by atoms with Crippen LogP contribution in [0.3, 0.4) is 0 Å². The summed E-state index contributed by atoms with van der Waals surface area (Å²) in [5.41, 5.74) is 0.639. The first kappa shape index (κ1) is 29.1. The summed E-state index contributed by atoms with van der Waals surface area (Å²) < 4.78 is 30.1. The van der Waals surface area contributed by atoms with Crippen molar-refractivity contribution >= 4 is 48.6 Å². The highest BCUT2D eigenvalue weighted by atomic mass is 127. The molecule has 1 amide bonds. The number of hydrogen-bond donors (Lipinski definition) is 1. The van der Waals surface area contributed by atoms with Gasteiger partial charge in [0.2, 0.25) is 8.41 Å². The number of anilines is 1. The van der Waals surface area contributed by atoms with Crippen molar-refractivity contribution in [3.8, 4) is 0 Å². The number of aryl methyl sites for hydroxylation is 1. The monoisotopic (exact) mass is 658 g/mol. The zero-order valence-corrected chi connectivity index (χ0v) is 25.5. The van der Waals surface area contributed by atoms with Crippen molar-refractivity contribution < 1.29 is 28.3 Å². The number of aliphatic hydroxyl groups is 1. The highest BCUT2D eigenvalue weighted by Crippen LogP contribution is 2.60. The molecule has 38 heavy (non-hydrogen) atoms. The topological polar surface area (TPSA) is 107 Å². The predicted octanol–water partition coefficient (Wildman–Crippen LogP) is 3.97. The summed E-state index contributed by atoms with van der Waals surface area (Å²) in [4.78, 5) is 27.5. The quantitative estimate of drug-likeness (QED) is 0.128. The molecule has 1 aromatic heterocycles. The molecule has 1 aromatic carbocycles. The second-order valence-electron chi connectivity index (χ2n) is 10.7. The number of aromatic nitrogens is 3. The molecule has 0 saturated carbocycles. The lowest BCUT2D eigenvalue weighted by molar-refractivity contribution is -0.146. The van der Waals surface area contributed by atoms with Gasteiger partial charge in [-0.05, 0) is 73.1 Å². The molecule has 1 N–H and O–H groups in total. The lowest BCUT2D eigenvalue weighted by Crippen LogP contribution is -2.45. The van der Waals surface area contributed by atoms with Crippen LogP contribution in [0.5, 0.6) is 0 Å². The van der Waals surface area contributed by atoms with Crippen molar-refractivity contribution in [1.29, 1.82) is 0 Å². The van der Waals surface area contributed by atoms with Crippen LogP contribution in [-0.2, 0) is 37.6 Å². The maximum Gasteiger partial charge on any atom is 0.305 e. The highest BCUT2D eigenvalue weighted by molar-refractivity contribution is 14.1. The van der Waals surface area contributed by atoms with Crippen LogP contribution in [0.15, 0.2) is 24.4 Å². The zero-order chi connectivity index (χ0) is 27.7. The lowest BCUT2D eigenvalue weighted by Gasteiger charge is -2.31. The molecule has 0 aliphatic carbocycles. The fourth-order valence-electron chi connectivity index (χ4n) is 6.09. The molecule has 2 aromatic rings. The summed E-state index contributed by atoms with van der Waals surface area (Å²) in [5.74, 6) is -0.783. The minimum absolute atomic E-state index is 0.00626. The van der Waals surface area contributed by atoms with Crippen LogP contribution in [0.1, 0.15) is 43.9 Å². The van der Waals surface area contributed by atoms with Crippen LogP contribution in [0.25, 0.3) is 0 Å². The van der Waals surface area contributed by atoms with Crippen LogP contribution in [0.4, 0.5) is 9.80 Å². The normalized spacial score (nSPS) is 24.9. The molecule has 2 aliphatic heterocycles. The minimum Gasteiger partial charge on any atom is -0.469 e. The SMILES string of the molecule is COC(=O)CCCCN1C(=O)[C@]2(O[C@H](CCn3cc(CCO)nn3)[C@@H]([Si](C)(C)F)[C@@H]2C)c2cc(I)ccc21. The average Bonchev–Trinajstić information content (AvgIpc) is 3.50. The Labute approximate surface area is 237 Å². The van der Waals surface area contributed by atoms with E-state index in [1.54, 1.807) is 28.9 Å². The molecule has 1 fully saturated rings. The molecule has 12 heteroatoms. The van der Waals surface area contributed by atoms with Gasteiger partial charge in [0.1, 0.15) is 0 Å². The van der Waals surface area contributed by atoms with Crippen molar-refractivity contribution in [3.05, 3.63) is 39.2 Å². The molecular formula is C26H36FIN4O5Si. The largest absolute Gasteiger partial charge is 0.469 e. The number of esters is 1. The number of benzene rings is 1. The first-order chi connectivity index (χ1) is 18.0. The summed E-state index contributed by atoms with van der Waals surface area (Å²) in [6.45, 7) is 6.25. The van der Waals surface area contributed by atoms with Gasteiger partial charge in [-0.25, -0.2) is 0 Å². The van der Waals surface area contributed by atoms with E-state index in [4.69, 9.17) is 14.6 Å². The molecular weight excluding hydrogens is 622 g/mol. The van der Waals surface area contributed by atoms with Crippen LogP contribution >= 0.6 is 22.6 Å². The number of nitrogens with zero attached hydrogens (tertiary/aromatic N) is 4. The van der Waals surface area contributed by atoms with E-state index in [0.717, 1.165) is 14.8 Å². The number of halogens is 2. The molecule has 9 nitrogen and oxygen atoms in total. The van der Waals surface area contributed by atoms with E-state index in [-0.39, 0.29) is 24.4 Å². The van der Waals surface area contributed by atoms with E-state index in [1.165, 1.54) is 7.11 Å². The van der Waals surface area contributed by atoms with E-state index >= 15 is 4.11 Å². The Bertz CT molecular complexity index is 1170.